The summed E-state index contributed by atoms with van der Waals surface area (Å²) in [6, 6.07) is 0.439. The molecule has 4 nitrogen and oxygen atoms in total. The molecule has 2 atom stereocenters. The van der Waals surface area contributed by atoms with Gasteiger partial charge in [-0.3, -0.25) is 9.69 Å². The van der Waals surface area contributed by atoms with Crippen LogP contribution in [0, 0.1) is 0 Å². The Labute approximate surface area is 78.8 Å². The van der Waals surface area contributed by atoms with Gasteiger partial charge in [-0.1, -0.05) is 0 Å². The highest BCUT2D eigenvalue weighted by molar-refractivity contribution is 5.69. The molecule has 0 spiro atoms. The van der Waals surface area contributed by atoms with Crippen LogP contribution in [0.3, 0.4) is 0 Å². The summed E-state index contributed by atoms with van der Waals surface area (Å²) in [7, 11) is 3.44. The van der Waals surface area contributed by atoms with Gasteiger partial charge in [0.2, 0.25) is 0 Å². The minimum Gasteiger partial charge on any atom is -0.469 e. The van der Waals surface area contributed by atoms with Crippen LogP contribution < -0.4 is 0 Å². The van der Waals surface area contributed by atoms with Crippen LogP contribution >= 0.6 is 0 Å². The van der Waals surface area contributed by atoms with Gasteiger partial charge in [-0.15, -0.1) is 0 Å². The van der Waals surface area contributed by atoms with Crippen LogP contribution in [0.4, 0.5) is 0 Å². The summed E-state index contributed by atoms with van der Waals surface area (Å²) in [6.45, 7) is 3.60. The lowest BCUT2D eigenvalue weighted by molar-refractivity contribution is -0.146. The summed E-state index contributed by atoms with van der Waals surface area (Å²) in [5.41, 5.74) is 0. The van der Waals surface area contributed by atoms with Crippen molar-refractivity contribution in [2.75, 3.05) is 27.3 Å². The molecule has 1 aliphatic heterocycles. The maximum Gasteiger partial charge on any atom is 0.308 e. The average molecular weight is 187 g/mol. The van der Waals surface area contributed by atoms with Crippen molar-refractivity contribution in [3.05, 3.63) is 0 Å². The van der Waals surface area contributed by atoms with Gasteiger partial charge in [0.05, 0.1) is 26.2 Å². The predicted octanol–water partition coefficient (Wildman–Crippen LogP) is 0.269. The van der Waals surface area contributed by atoms with Gasteiger partial charge in [-0.25, -0.2) is 0 Å². The molecule has 1 saturated heterocycles. The van der Waals surface area contributed by atoms with E-state index >= 15 is 0 Å². The zero-order chi connectivity index (χ0) is 9.84. The molecule has 0 N–H and O–H groups in total. The Morgan fingerprint density at radius 1 is 1.69 bits per heavy atom. The quantitative estimate of drug-likeness (QED) is 0.582. The molecule has 76 valence electrons. The molecule has 0 saturated carbocycles. The second-order valence-electron chi connectivity index (χ2n) is 3.52. The van der Waals surface area contributed by atoms with E-state index in [1.807, 2.05) is 7.05 Å². The molecule has 0 aromatic heterocycles. The molecule has 0 aliphatic carbocycles. The number of carbonyl (C=O) groups is 1. The van der Waals surface area contributed by atoms with Crippen LogP contribution in [0.25, 0.3) is 0 Å². The van der Waals surface area contributed by atoms with E-state index in [9.17, 15) is 4.79 Å². The molecule has 0 amide bonds. The summed E-state index contributed by atoms with van der Waals surface area (Å²) in [5.74, 6) is -0.201. The van der Waals surface area contributed by atoms with Crippen molar-refractivity contribution in [3.63, 3.8) is 0 Å². The lowest BCUT2D eigenvalue weighted by Crippen LogP contribution is -2.46. The Morgan fingerprint density at radius 3 is 2.92 bits per heavy atom. The van der Waals surface area contributed by atoms with Crippen LogP contribution in [-0.4, -0.2) is 50.3 Å². The molecule has 1 rings (SSSR count). The standard InChI is InChI=1S/C9H17NO3/c1-7-6-13-8(5-10(7)2)4-9(11)12-3/h7-8H,4-6H2,1-3H3. The number of ether oxygens (including phenoxy) is 2. The second kappa shape index (κ2) is 4.58. The van der Waals surface area contributed by atoms with Crippen LogP contribution in [0.2, 0.25) is 0 Å². The first-order chi connectivity index (χ1) is 6.13. The van der Waals surface area contributed by atoms with Crippen LogP contribution in [-0.2, 0) is 14.3 Å². The van der Waals surface area contributed by atoms with Gasteiger partial charge >= 0.3 is 5.97 Å². The molecule has 0 radical (unpaired) electrons. The molecule has 0 aromatic carbocycles. The average Bonchev–Trinajstić information content (AvgIpc) is 2.11. The number of nitrogens with zero attached hydrogens (tertiary/aromatic N) is 1. The molecular weight excluding hydrogens is 170 g/mol. The Balaban J connectivity index is 2.33. The van der Waals surface area contributed by atoms with E-state index in [4.69, 9.17) is 4.74 Å². The monoisotopic (exact) mass is 187 g/mol. The number of carbonyl (C=O) groups excluding carboxylic acids is 1. The number of esters is 1. The maximum atomic E-state index is 10.9. The summed E-state index contributed by atoms with van der Waals surface area (Å²) in [6.07, 6.45) is 0.349. The second-order valence-corrected chi connectivity index (χ2v) is 3.52. The van der Waals surface area contributed by atoms with Gasteiger partial charge < -0.3 is 9.47 Å². The lowest BCUT2D eigenvalue weighted by atomic mass is 10.1. The molecule has 1 heterocycles. The highest BCUT2D eigenvalue weighted by atomic mass is 16.5. The topological polar surface area (TPSA) is 38.8 Å². The number of likely N-dealkylation sites (N-methyl/N-ethyl adjacent to an activating group) is 1. The van der Waals surface area contributed by atoms with E-state index in [0.29, 0.717) is 19.1 Å². The smallest absolute Gasteiger partial charge is 0.308 e. The highest BCUT2D eigenvalue weighted by Gasteiger charge is 2.25. The Kier molecular flexibility index (Phi) is 3.69. The molecule has 0 bridgehead atoms. The fourth-order valence-corrected chi connectivity index (χ4v) is 1.35. The summed E-state index contributed by atoms with van der Waals surface area (Å²) >= 11 is 0. The number of hydrogen-bond donors (Lipinski definition) is 0. The largest absolute Gasteiger partial charge is 0.469 e. The molecule has 2 unspecified atom stereocenters. The van der Waals surface area contributed by atoms with Gasteiger partial charge in [0.1, 0.15) is 0 Å². The van der Waals surface area contributed by atoms with E-state index in [-0.39, 0.29) is 12.1 Å². The van der Waals surface area contributed by atoms with Gasteiger partial charge in [0.15, 0.2) is 0 Å². The SMILES string of the molecule is COC(=O)CC1CN(C)C(C)CO1. The molecule has 13 heavy (non-hydrogen) atoms. The van der Waals surface area contributed by atoms with Crippen molar-refractivity contribution in [2.24, 2.45) is 0 Å². The Morgan fingerprint density at radius 2 is 2.38 bits per heavy atom. The minimum absolute atomic E-state index is 0.00588. The fraction of sp³-hybridized carbons (Fsp3) is 0.889. The number of methoxy groups -OCH3 is 1. The van der Waals surface area contributed by atoms with Crippen molar-refractivity contribution in [2.45, 2.75) is 25.5 Å². The van der Waals surface area contributed by atoms with Crippen molar-refractivity contribution in [3.8, 4) is 0 Å². The van der Waals surface area contributed by atoms with Crippen molar-refractivity contribution < 1.29 is 14.3 Å². The lowest BCUT2D eigenvalue weighted by Gasteiger charge is -2.34. The summed E-state index contributed by atoms with van der Waals surface area (Å²) in [5, 5.41) is 0. The zero-order valence-corrected chi connectivity index (χ0v) is 8.45. The predicted molar refractivity (Wildman–Crippen MR) is 48.5 cm³/mol. The first-order valence-corrected chi connectivity index (χ1v) is 4.52. The van der Waals surface area contributed by atoms with Gasteiger partial charge in [0, 0.05) is 12.6 Å². The third-order valence-electron chi connectivity index (χ3n) is 2.44. The van der Waals surface area contributed by atoms with Gasteiger partial charge in [0.25, 0.3) is 0 Å². The number of morpholine rings is 1. The van der Waals surface area contributed by atoms with E-state index < -0.39 is 0 Å². The summed E-state index contributed by atoms with van der Waals surface area (Å²) in [4.78, 5) is 13.1. The van der Waals surface area contributed by atoms with Gasteiger partial charge in [-0.05, 0) is 14.0 Å². The van der Waals surface area contributed by atoms with Gasteiger partial charge in [-0.2, -0.15) is 0 Å². The first kappa shape index (κ1) is 10.5. The van der Waals surface area contributed by atoms with E-state index in [2.05, 4.69) is 16.6 Å². The Hall–Kier alpha value is -0.610. The maximum absolute atomic E-state index is 10.9. The minimum atomic E-state index is -0.201. The molecule has 4 heteroatoms. The molecular formula is C9H17NO3. The molecule has 1 fully saturated rings. The number of rotatable bonds is 2. The van der Waals surface area contributed by atoms with Crippen molar-refractivity contribution in [1.29, 1.82) is 0 Å². The van der Waals surface area contributed by atoms with Crippen LogP contribution in [0.1, 0.15) is 13.3 Å². The third kappa shape index (κ3) is 2.97. The van der Waals surface area contributed by atoms with Crippen LogP contribution in [0.5, 0.6) is 0 Å². The molecule has 1 aliphatic rings. The fourth-order valence-electron chi connectivity index (χ4n) is 1.35. The van der Waals surface area contributed by atoms with Crippen molar-refractivity contribution >= 4 is 5.97 Å². The number of hydrogen-bond acceptors (Lipinski definition) is 4. The first-order valence-electron chi connectivity index (χ1n) is 4.52. The Bertz CT molecular complexity index is 184. The third-order valence-corrected chi connectivity index (χ3v) is 2.44. The normalized spacial score (nSPS) is 30.1. The van der Waals surface area contributed by atoms with E-state index in [0.717, 1.165) is 6.54 Å². The van der Waals surface area contributed by atoms with Crippen LogP contribution in [0.15, 0.2) is 0 Å². The van der Waals surface area contributed by atoms with E-state index in [1.165, 1.54) is 7.11 Å². The molecule has 0 aromatic rings. The van der Waals surface area contributed by atoms with E-state index in [1.54, 1.807) is 0 Å². The zero-order valence-electron chi connectivity index (χ0n) is 8.45. The van der Waals surface area contributed by atoms with Crippen molar-refractivity contribution in [1.82, 2.24) is 4.90 Å². The highest BCUT2D eigenvalue weighted by Crippen LogP contribution is 2.12. The summed E-state index contributed by atoms with van der Waals surface area (Å²) < 4.78 is 10.1.